The lowest BCUT2D eigenvalue weighted by atomic mass is 9.82. The van der Waals surface area contributed by atoms with Crippen molar-refractivity contribution in [2.24, 2.45) is 11.8 Å². The van der Waals surface area contributed by atoms with Gasteiger partial charge in [0.15, 0.2) is 0 Å². The molecular weight excluding hydrogens is 568 g/mol. The summed E-state index contributed by atoms with van der Waals surface area (Å²) in [6, 6.07) is 10.3. The highest BCUT2D eigenvalue weighted by atomic mass is 32.2. The number of carbonyl (C=O) groups excluding carboxylic acids is 1. The van der Waals surface area contributed by atoms with Crippen LogP contribution in [0.2, 0.25) is 0 Å². The van der Waals surface area contributed by atoms with Gasteiger partial charge >= 0.3 is 5.97 Å². The minimum Gasteiger partial charge on any atom is -0.485 e. The van der Waals surface area contributed by atoms with E-state index in [1.54, 1.807) is 0 Å². The van der Waals surface area contributed by atoms with Crippen LogP contribution in [-0.4, -0.2) is 39.8 Å². The van der Waals surface area contributed by atoms with Crippen molar-refractivity contribution in [2.45, 2.75) is 51.2 Å². The molecule has 224 valence electrons. The summed E-state index contributed by atoms with van der Waals surface area (Å²) >= 11 is 0. The van der Waals surface area contributed by atoms with Gasteiger partial charge in [-0.2, -0.15) is 8.42 Å². The van der Waals surface area contributed by atoms with Gasteiger partial charge in [0.1, 0.15) is 23.5 Å². The highest BCUT2D eigenvalue weighted by Crippen LogP contribution is 2.49. The zero-order valence-electron chi connectivity index (χ0n) is 23.9. The first-order chi connectivity index (χ1) is 20.0. The number of aromatic nitrogens is 1. The van der Waals surface area contributed by atoms with Gasteiger partial charge in [0.25, 0.3) is 10.1 Å². The first kappa shape index (κ1) is 29.9. The van der Waals surface area contributed by atoms with Gasteiger partial charge in [0, 0.05) is 22.8 Å². The Labute approximate surface area is 244 Å². The molecule has 2 heterocycles. The molecule has 2 aliphatic rings. The molecule has 0 saturated heterocycles. The van der Waals surface area contributed by atoms with Crippen LogP contribution < -0.4 is 9.47 Å². The molecular formula is C31H33F2NO7S. The van der Waals surface area contributed by atoms with Crippen molar-refractivity contribution in [1.29, 1.82) is 0 Å². The Morgan fingerprint density at radius 2 is 1.86 bits per heavy atom. The summed E-state index contributed by atoms with van der Waals surface area (Å²) in [6.07, 6.45) is 4.28. The summed E-state index contributed by atoms with van der Waals surface area (Å²) in [7, 11) is -1.17. The Hall–Kier alpha value is -3.57. The Morgan fingerprint density at radius 3 is 2.52 bits per heavy atom. The summed E-state index contributed by atoms with van der Waals surface area (Å²) in [6.45, 7) is 1.23. The molecule has 1 unspecified atom stereocenters. The van der Waals surface area contributed by atoms with Crippen molar-refractivity contribution in [3.63, 3.8) is 0 Å². The molecule has 1 aliphatic carbocycles. The van der Waals surface area contributed by atoms with E-state index in [0.717, 1.165) is 36.4 Å². The lowest BCUT2D eigenvalue weighted by molar-refractivity contribution is -0.145. The number of hydrogen-bond acceptors (Lipinski definition) is 8. The van der Waals surface area contributed by atoms with E-state index in [1.807, 2.05) is 25.1 Å². The molecule has 0 amide bonds. The monoisotopic (exact) mass is 601 g/mol. The molecule has 3 atom stereocenters. The third kappa shape index (κ3) is 6.27. The fourth-order valence-corrected chi connectivity index (χ4v) is 6.09. The number of ether oxygens (including phenoxy) is 3. The van der Waals surface area contributed by atoms with E-state index in [2.05, 4.69) is 4.98 Å². The zero-order chi connectivity index (χ0) is 30.2. The minimum atomic E-state index is -3.93. The maximum Gasteiger partial charge on any atom is 0.309 e. The van der Waals surface area contributed by atoms with Crippen LogP contribution >= 0.6 is 0 Å². The highest BCUT2D eigenvalue weighted by Gasteiger charge is 2.39. The molecule has 1 aliphatic heterocycles. The second-order valence-corrected chi connectivity index (χ2v) is 12.5. The molecule has 1 saturated carbocycles. The maximum atomic E-state index is 16.2. The number of nitrogens with zero attached hydrogens (tertiary/aromatic N) is 1. The van der Waals surface area contributed by atoms with Crippen LogP contribution in [0.3, 0.4) is 0 Å². The summed E-state index contributed by atoms with van der Waals surface area (Å²) in [5.41, 5.74) is 2.11. The van der Waals surface area contributed by atoms with Crippen LogP contribution in [-0.2, 0) is 36.9 Å². The number of aryl methyl sites for hydroxylation is 1. The smallest absolute Gasteiger partial charge is 0.309 e. The van der Waals surface area contributed by atoms with Crippen molar-refractivity contribution >= 4 is 16.1 Å². The maximum absolute atomic E-state index is 16.2. The average molecular weight is 602 g/mol. The van der Waals surface area contributed by atoms with Gasteiger partial charge in [0.05, 0.1) is 39.2 Å². The van der Waals surface area contributed by atoms with Crippen LogP contribution in [0.15, 0.2) is 42.6 Å². The number of benzene rings is 2. The number of halogens is 2. The second kappa shape index (κ2) is 12.0. The predicted octanol–water partition coefficient (Wildman–Crippen LogP) is 5.88. The van der Waals surface area contributed by atoms with E-state index < -0.39 is 34.5 Å². The van der Waals surface area contributed by atoms with E-state index in [1.165, 1.54) is 32.4 Å². The van der Waals surface area contributed by atoms with Gasteiger partial charge in [0.2, 0.25) is 5.88 Å². The van der Waals surface area contributed by atoms with Crippen molar-refractivity contribution in [3.05, 3.63) is 76.5 Å². The van der Waals surface area contributed by atoms with E-state index in [-0.39, 0.29) is 45.9 Å². The summed E-state index contributed by atoms with van der Waals surface area (Å²) in [5, 5.41) is 0. The van der Waals surface area contributed by atoms with Crippen molar-refractivity contribution < 1.29 is 40.4 Å². The molecule has 1 aromatic heterocycles. The molecule has 0 spiro atoms. The molecule has 8 nitrogen and oxygen atoms in total. The summed E-state index contributed by atoms with van der Waals surface area (Å²) in [5.74, 6) is -0.988. The second-order valence-electron chi connectivity index (χ2n) is 10.9. The van der Waals surface area contributed by atoms with Crippen molar-refractivity contribution in [2.75, 3.05) is 20.5 Å². The van der Waals surface area contributed by atoms with Crippen molar-refractivity contribution in [3.8, 4) is 22.8 Å². The molecule has 3 aromatic rings. The van der Waals surface area contributed by atoms with Gasteiger partial charge in [-0.05, 0) is 60.3 Å². The third-order valence-electron chi connectivity index (χ3n) is 8.03. The number of pyridine rings is 1. The summed E-state index contributed by atoms with van der Waals surface area (Å²) in [4.78, 5) is 16.2. The van der Waals surface area contributed by atoms with Crippen LogP contribution in [0.25, 0.3) is 11.1 Å². The lowest BCUT2D eigenvalue weighted by Crippen LogP contribution is -2.23. The Kier molecular flexibility index (Phi) is 8.52. The van der Waals surface area contributed by atoms with Gasteiger partial charge in [-0.1, -0.05) is 31.2 Å². The highest BCUT2D eigenvalue weighted by molar-refractivity contribution is 7.85. The molecule has 0 bridgehead atoms. The first-order valence-electron chi connectivity index (χ1n) is 13.7. The minimum absolute atomic E-state index is 0.00945. The molecule has 0 radical (unpaired) electrons. The molecule has 5 rings (SSSR count). The number of hydrogen-bond donors (Lipinski definition) is 0. The lowest BCUT2D eigenvalue weighted by Gasteiger charge is -2.29. The molecule has 11 heteroatoms. The van der Waals surface area contributed by atoms with Crippen LogP contribution in [0, 0.1) is 23.5 Å². The fourth-order valence-electron chi connectivity index (χ4n) is 5.75. The van der Waals surface area contributed by atoms with Gasteiger partial charge in [-0.15, -0.1) is 0 Å². The number of esters is 1. The van der Waals surface area contributed by atoms with Crippen LogP contribution in [0.1, 0.15) is 60.5 Å². The Balaban J connectivity index is 1.51. The van der Waals surface area contributed by atoms with Gasteiger partial charge in [-0.3, -0.25) is 8.98 Å². The normalized spacial score (nSPS) is 18.0. The fraction of sp³-hybridized carbons (Fsp3) is 0.419. The van der Waals surface area contributed by atoms with Gasteiger partial charge in [-0.25, -0.2) is 13.8 Å². The average Bonchev–Trinajstić information content (AvgIpc) is 3.80. The Bertz CT molecular complexity index is 1610. The summed E-state index contributed by atoms with van der Waals surface area (Å²) < 4.78 is 76.1. The third-order valence-corrected chi connectivity index (χ3v) is 8.58. The topological polar surface area (TPSA) is 101 Å². The first-order valence-corrected chi connectivity index (χ1v) is 15.5. The molecule has 42 heavy (non-hydrogen) atoms. The zero-order valence-corrected chi connectivity index (χ0v) is 24.7. The number of carbonyl (C=O) groups is 1. The number of rotatable bonds is 10. The van der Waals surface area contributed by atoms with E-state index in [4.69, 9.17) is 18.4 Å². The van der Waals surface area contributed by atoms with Gasteiger partial charge < -0.3 is 14.2 Å². The SMILES string of the molecule is COC(=O)[C@@H](C)[C@H](c1ccc2c(c1)OC(c1ccc(-c3cc(OC)ncc3F)c(COS(C)(=O)=O)c1F)CC2)C1CC1. The molecule has 2 aromatic carbocycles. The predicted molar refractivity (Wildman–Crippen MR) is 151 cm³/mol. The quantitative estimate of drug-likeness (QED) is 0.210. The van der Waals surface area contributed by atoms with Crippen LogP contribution in [0.5, 0.6) is 11.6 Å². The van der Waals surface area contributed by atoms with E-state index >= 15 is 4.39 Å². The largest absolute Gasteiger partial charge is 0.485 e. The van der Waals surface area contributed by atoms with E-state index in [0.29, 0.717) is 24.5 Å². The number of fused-ring (bicyclic) bond motifs is 1. The standard InChI is InChI=1S/C31H33F2NO7S/c1-17(31(35)39-3)29(19-6-7-19)20-8-5-18-9-12-26(41-27(18)13-20)22-11-10-21(23-14-28(38-2)34-15-25(23)32)24(30(22)33)16-40-42(4,36)37/h5,8,10-11,13-15,17,19,26,29H,6-7,9,12,16H2,1-4H3/t17-,26?,29-/m0/s1. The van der Waals surface area contributed by atoms with Crippen LogP contribution in [0.4, 0.5) is 8.78 Å². The molecule has 0 N–H and O–H groups in total. The van der Waals surface area contributed by atoms with Crippen molar-refractivity contribution in [1.82, 2.24) is 4.98 Å². The number of methoxy groups -OCH3 is 2. The molecule has 1 fully saturated rings. The Morgan fingerprint density at radius 1 is 1.10 bits per heavy atom. The van der Waals surface area contributed by atoms with E-state index in [9.17, 15) is 17.6 Å².